The summed E-state index contributed by atoms with van der Waals surface area (Å²) in [5.41, 5.74) is 8.00. The van der Waals surface area contributed by atoms with Gasteiger partial charge in [-0.2, -0.15) is 0 Å². The molecule has 0 amide bonds. The standard InChI is InChI=1S/C31H37N3O4/c1-29-6-4-20-11-22-27(36)28(37)23(34-15-21(32)16-34)13-30(22)7-8-31(20,38-30)25(29)12-24(35)26(29)18-3-2-17-5-9-33-14-19(17)10-18/h2-5,9-11,14,21,23-28,35-37H,6-8,12-13,15-16,32H2,1H3/t23-,24+,25+,26?,27-,28-,29-,30+,31?/m0/s1. The summed E-state index contributed by atoms with van der Waals surface area (Å²) in [5, 5.41) is 36.3. The van der Waals surface area contributed by atoms with E-state index in [4.69, 9.17) is 10.5 Å². The van der Waals surface area contributed by atoms with Crippen molar-refractivity contribution in [3.05, 3.63) is 65.5 Å². The zero-order valence-electron chi connectivity index (χ0n) is 21.8. The molecule has 2 unspecified atom stereocenters. The van der Waals surface area contributed by atoms with Crippen LogP contribution in [0.4, 0.5) is 0 Å². The first-order chi connectivity index (χ1) is 18.2. The molecule has 1 aromatic heterocycles. The SMILES string of the molecule is C[C@]12CC=C3C=C4[C@H](O)[C@@H](O)[C@@H](N5CC(N)C5)C[C@]45CCC3(O5)[C@@H]1C[C@@H](O)C2c1ccc2ccncc2c1. The highest BCUT2D eigenvalue weighted by molar-refractivity contribution is 5.82. The van der Waals surface area contributed by atoms with Crippen LogP contribution in [0.25, 0.3) is 10.8 Å². The lowest BCUT2D eigenvalue weighted by Crippen LogP contribution is -2.68. The van der Waals surface area contributed by atoms with Gasteiger partial charge in [0, 0.05) is 54.8 Å². The number of pyridine rings is 1. The lowest BCUT2D eigenvalue weighted by atomic mass is 9.58. The number of hydrogen-bond acceptors (Lipinski definition) is 7. The molecule has 4 heterocycles. The molecule has 8 rings (SSSR count). The van der Waals surface area contributed by atoms with Crippen molar-refractivity contribution < 1.29 is 20.1 Å². The normalized spacial score (nSPS) is 46.1. The van der Waals surface area contributed by atoms with Crippen LogP contribution in [0.2, 0.25) is 0 Å². The molecule has 200 valence electrons. The van der Waals surface area contributed by atoms with E-state index in [1.54, 1.807) is 0 Å². The number of likely N-dealkylation sites (tertiary alicyclic amines) is 1. The Morgan fingerprint density at radius 2 is 1.95 bits per heavy atom. The number of rotatable bonds is 2. The van der Waals surface area contributed by atoms with E-state index in [1.807, 2.05) is 18.5 Å². The molecule has 2 bridgehead atoms. The number of aliphatic hydroxyl groups is 3. The van der Waals surface area contributed by atoms with Crippen LogP contribution in [0.5, 0.6) is 0 Å². The average molecular weight is 516 g/mol. The van der Waals surface area contributed by atoms with Crippen molar-refractivity contribution in [2.75, 3.05) is 13.1 Å². The number of hydrogen-bond donors (Lipinski definition) is 4. The minimum Gasteiger partial charge on any atom is -0.392 e. The summed E-state index contributed by atoms with van der Waals surface area (Å²) in [7, 11) is 0. The van der Waals surface area contributed by atoms with Crippen molar-refractivity contribution >= 4 is 10.8 Å². The topological polar surface area (TPSA) is 112 Å². The number of aliphatic hydroxyl groups excluding tert-OH is 3. The van der Waals surface area contributed by atoms with Crippen LogP contribution in [0.3, 0.4) is 0 Å². The fourth-order valence-electron chi connectivity index (χ4n) is 9.50. The minimum atomic E-state index is -0.941. The van der Waals surface area contributed by atoms with Gasteiger partial charge in [0.25, 0.3) is 0 Å². The third-order valence-corrected chi connectivity index (χ3v) is 11.3. The van der Waals surface area contributed by atoms with Gasteiger partial charge in [0.1, 0.15) is 6.10 Å². The molecule has 9 atom stereocenters. The molecule has 7 heteroatoms. The van der Waals surface area contributed by atoms with Gasteiger partial charge in [0.05, 0.1) is 23.4 Å². The number of benzene rings is 1. The predicted octanol–water partition coefficient (Wildman–Crippen LogP) is 2.40. The predicted molar refractivity (Wildman–Crippen MR) is 143 cm³/mol. The van der Waals surface area contributed by atoms with Gasteiger partial charge < -0.3 is 25.8 Å². The summed E-state index contributed by atoms with van der Waals surface area (Å²) in [6, 6.07) is 8.52. The molecule has 1 aromatic carbocycles. The number of fused-ring (bicyclic) bond motifs is 2. The van der Waals surface area contributed by atoms with Gasteiger partial charge in [-0.25, -0.2) is 0 Å². The second-order valence-electron chi connectivity index (χ2n) is 13.2. The van der Waals surface area contributed by atoms with Crippen LogP contribution in [-0.4, -0.2) is 79.9 Å². The van der Waals surface area contributed by atoms with Gasteiger partial charge in [-0.1, -0.05) is 31.2 Å². The number of nitrogens with zero attached hydrogens (tertiary/aromatic N) is 2. The fourth-order valence-corrected chi connectivity index (χ4v) is 9.50. The van der Waals surface area contributed by atoms with Crippen molar-refractivity contribution in [2.45, 2.75) is 86.5 Å². The third kappa shape index (κ3) is 2.92. The van der Waals surface area contributed by atoms with E-state index in [0.717, 1.165) is 54.3 Å². The molecule has 0 radical (unpaired) electrons. The summed E-state index contributed by atoms with van der Waals surface area (Å²) in [4.78, 5) is 6.52. The highest BCUT2D eigenvalue weighted by atomic mass is 16.5. The van der Waals surface area contributed by atoms with Gasteiger partial charge in [-0.05, 0) is 71.7 Å². The number of aromatic nitrogens is 1. The Kier molecular flexibility index (Phi) is 4.84. The summed E-state index contributed by atoms with van der Waals surface area (Å²) >= 11 is 0. The molecule has 38 heavy (non-hydrogen) atoms. The number of allylic oxidation sites excluding steroid dienone is 1. The lowest BCUT2D eigenvalue weighted by molar-refractivity contribution is -0.173. The maximum atomic E-state index is 11.6. The first-order valence-electron chi connectivity index (χ1n) is 14.2. The molecular formula is C31H37N3O4. The van der Waals surface area contributed by atoms with Gasteiger partial charge in [0.2, 0.25) is 0 Å². The molecular weight excluding hydrogens is 478 g/mol. The zero-order valence-corrected chi connectivity index (χ0v) is 21.8. The minimum absolute atomic E-state index is 0.00361. The third-order valence-electron chi connectivity index (χ3n) is 11.3. The Labute approximate surface area is 223 Å². The first kappa shape index (κ1) is 23.7. The van der Waals surface area contributed by atoms with E-state index >= 15 is 0 Å². The van der Waals surface area contributed by atoms with Crippen molar-refractivity contribution in [3.63, 3.8) is 0 Å². The van der Waals surface area contributed by atoms with E-state index in [-0.39, 0.29) is 29.3 Å². The van der Waals surface area contributed by atoms with Crippen LogP contribution in [0, 0.1) is 11.3 Å². The molecule has 6 aliphatic rings. The highest BCUT2D eigenvalue weighted by Crippen LogP contribution is 2.69. The fraction of sp³-hybridized carbons (Fsp3) is 0.581. The highest BCUT2D eigenvalue weighted by Gasteiger charge is 2.69. The second kappa shape index (κ2) is 7.74. The largest absolute Gasteiger partial charge is 0.392 e. The molecule has 2 spiro atoms. The summed E-state index contributed by atoms with van der Waals surface area (Å²) < 4.78 is 7.27. The van der Waals surface area contributed by atoms with Crippen LogP contribution in [-0.2, 0) is 4.74 Å². The average Bonchev–Trinajstić information content (AvgIpc) is 3.35. The zero-order chi connectivity index (χ0) is 26.0. The molecule has 3 aliphatic carbocycles. The van der Waals surface area contributed by atoms with E-state index in [0.29, 0.717) is 12.8 Å². The Balaban J connectivity index is 1.19. The quantitative estimate of drug-likeness (QED) is 0.486. The van der Waals surface area contributed by atoms with Crippen molar-refractivity contribution in [3.8, 4) is 0 Å². The van der Waals surface area contributed by atoms with Gasteiger partial charge >= 0.3 is 0 Å². The molecule has 7 nitrogen and oxygen atoms in total. The Hall–Kier alpha value is -2.13. The van der Waals surface area contributed by atoms with E-state index in [1.165, 1.54) is 5.56 Å². The molecule has 3 aliphatic heterocycles. The molecule has 4 fully saturated rings. The summed E-state index contributed by atoms with van der Waals surface area (Å²) in [6.07, 6.45) is 9.83. The van der Waals surface area contributed by atoms with Crippen LogP contribution in [0.1, 0.15) is 50.5 Å². The smallest absolute Gasteiger partial charge is 0.105 e. The van der Waals surface area contributed by atoms with Gasteiger partial charge in [0.15, 0.2) is 0 Å². The number of ether oxygens (including phenoxy) is 1. The maximum absolute atomic E-state index is 11.6. The molecule has 2 aromatic rings. The lowest BCUT2D eigenvalue weighted by Gasteiger charge is -2.57. The summed E-state index contributed by atoms with van der Waals surface area (Å²) in [6.45, 7) is 3.83. The summed E-state index contributed by atoms with van der Waals surface area (Å²) in [5.74, 6) is 0.167. The van der Waals surface area contributed by atoms with Gasteiger partial charge in [-0.3, -0.25) is 9.88 Å². The van der Waals surface area contributed by atoms with E-state index in [2.05, 4.69) is 47.2 Å². The van der Waals surface area contributed by atoms with E-state index < -0.39 is 29.5 Å². The van der Waals surface area contributed by atoms with Gasteiger partial charge in [-0.15, -0.1) is 0 Å². The maximum Gasteiger partial charge on any atom is 0.105 e. The van der Waals surface area contributed by atoms with Crippen LogP contribution >= 0.6 is 0 Å². The molecule has 5 N–H and O–H groups in total. The van der Waals surface area contributed by atoms with Crippen molar-refractivity contribution in [1.82, 2.24) is 9.88 Å². The Morgan fingerprint density at radius 3 is 2.76 bits per heavy atom. The van der Waals surface area contributed by atoms with Crippen molar-refractivity contribution in [1.29, 1.82) is 0 Å². The Morgan fingerprint density at radius 1 is 1.11 bits per heavy atom. The van der Waals surface area contributed by atoms with Crippen molar-refractivity contribution in [2.24, 2.45) is 17.1 Å². The monoisotopic (exact) mass is 515 g/mol. The number of nitrogens with two attached hydrogens (primary N) is 1. The van der Waals surface area contributed by atoms with Crippen LogP contribution < -0.4 is 5.73 Å². The van der Waals surface area contributed by atoms with E-state index in [9.17, 15) is 15.3 Å². The van der Waals surface area contributed by atoms with Crippen LogP contribution in [0.15, 0.2) is 60.0 Å². The first-order valence-corrected chi connectivity index (χ1v) is 14.2. The molecule has 2 saturated carbocycles. The molecule has 2 saturated heterocycles. The Bertz CT molecular complexity index is 1390. The second-order valence-corrected chi connectivity index (χ2v) is 13.2.